The van der Waals surface area contributed by atoms with Gasteiger partial charge in [0.15, 0.2) is 0 Å². The predicted octanol–water partition coefficient (Wildman–Crippen LogP) is 3.80. The summed E-state index contributed by atoms with van der Waals surface area (Å²) >= 11 is 0. The Labute approximate surface area is 204 Å². The van der Waals surface area contributed by atoms with Crippen LogP contribution in [0.15, 0.2) is 42.9 Å². The van der Waals surface area contributed by atoms with Crippen LogP contribution < -0.4 is 21.3 Å². The lowest BCUT2D eigenvalue weighted by Gasteiger charge is -2.32. The number of carbonyl (C=O) groups excluding carboxylic acids is 1. The average molecular weight is 475 g/mol. The molecule has 5 atom stereocenters. The van der Waals surface area contributed by atoms with Crippen LogP contribution in [-0.2, 0) is 0 Å². The van der Waals surface area contributed by atoms with Gasteiger partial charge in [-0.05, 0) is 67.3 Å². The van der Waals surface area contributed by atoms with E-state index >= 15 is 0 Å². The Morgan fingerprint density at radius 1 is 1.20 bits per heavy atom. The number of anilines is 2. The van der Waals surface area contributed by atoms with Gasteiger partial charge in [0.05, 0.1) is 34.8 Å². The molecule has 1 aliphatic carbocycles. The van der Waals surface area contributed by atoms with Gasteiger partial charge in [0.2, 0.25) is 0 Å². The fourth-order valence-corrected chi connectivity index (χ4v) is 6.36. The molecular weight excluding hydrogens is 443 g/mol. The van der Waals surface area contributed by atoms with E-state index in [1.54, 1.807) is 18.6 Å². The van der Waals surface area contributed by atoms with Crippen molar-refractivity contribution >= 4 is 28.2 Å². The number of carbonyl (C=O) groups is 1. The van der Waals surface area contributed by atoms with E-state index in [0.717, 1.165) is 50.0 Å². The molecule has 1 saturated carbocycles. The fraction of sp³-hybridized carbons (Fsp3) is 0.444. The van der Waals surface area contributed by atoms with E-state index in [9.17, 15) is 9.18 Å². The molecule has 35 heavy (non-hydrogen) atoms. The fourth-order valence-electron chi connectivity index (χ4n) is 6.36. The molecule has 3 fully saturated rings. The smallest absolute Gasteiger partial charge is 0.257 e. The van der Waals surface area contributed by atoms with Crippen LogP contribution in [0, 0.1) is 11.7 Å². The highest BCUT2D eigenvalue weighted by Gasteiger charge is 2.38. The van der Waals surface area contributed by atoms with Crippen molar-refractivity contribution in [1.82, 2.24) is 15.3 Å². The number of halogens is 1. The highest BCUT2D eigenvalue weighted by molar-refractivity contribution is 6.12. The number of hydrogen-bond acceptors (Lipinski definition) is 6. The molecule has 2 aliphatic heterocycles. The summed E-state index contributed by atoms with van der Waals surface area (Å²) in [4.78, 5) is 24.5. The van der Waals surface area contributed by atoms with Crippen LogP contribution in [0.2, 0.25) is 0 Å². The topological polar surface area (TPSA) is 96.2 Å². The molecule has 6 rings (SSSR count). The molecule has 0 spiro atoms. The van der Waals surface area contributed by atoms with E-state index in [1.807, 2.05) is 12.1 Å². The second-order valence-corrected chi connectivity index (χ2v) is 10.5. The van der Waals surface area contributed by atoms with Gasteiger partial charge in [-0.1, -0.05) is 6.92 Å². The van der Waals surface area contributed by atoms with E-state index in [1.165, 1.54) is 12.1 Å². The monoisotopic (exact) mass is 474 g/mol. The Morgan fingerprint density at radius 2 is 2.09 bits per heavy atom. The molecule has 0 radical (unpaired) electrons. The van der Waals surface area contributed by atoms with Gasteiger partial charge < -0.3 is 21.3 Å². The van der Waals surface area contributed by atoms with E-state index in [0.29, 0.717) is 40.2 Å². The first-order chi connectivity index (χ1) is 17.0. The maximum Gasteiger partial charge on any atom is 0.257 e. The van der Waals surface area contributed by atoms with Crippen molar-refractivity contribution in [1.29, 1.82) is 0 Å². The molecule has 0 unspecified atom stereocenters. The molecule has 8 heteroatoms. The van der Waals surface area contributed by atoms with Gasteiger partial charge in [-0.2, -0.15) is 0 Å². The van der Waals surface area contributed by atoms with Gasteiger partial charge in [-0.3, -0.25) is 14.8 Å². The zero-order chi connectivity index (χ0) is 24.1. The van der Waals surface area contributed by atoms with E-state index in [2.05, 4.69) is 32.4 Å². The summed E-state index contributed by atoms with van der Waals surface area (Å²) in [5.74, 6) is 0.104. The van der Waals surface area contributed by atoms with Gasteiger partial charge in [-0.25, -0.2) is 4.39 Å². The largest absolute Gasteiger partial charge is 0.364 e. The Bertz CT molecular complexity index is 1270. The lowest BCUT2D eigenvalue weighted by Crippen LogP contribution is -2.43. The minimum atomic E-state index is -0.374. The maximum atomic E-state index is 14.9. The van der Waals surface area contributed by atoms with Crippen LogP contribution >= 0.6 is 0 Å². The first-order valence-corrected chi connectivity index (χ1v) is 12.6. The lowest BCUT2D eigenvalue weighted by molar-refractivity contribution is 0.102. The molecule has 2 saturated heterocycles. The Kier molecular flexibility index (Phi) is 5.65. The van der Waals surface area contributed by atoms with Gasteiger partial charge in [-0.15, -0.1) is 0 Å². The third-order valence-electron chi connectivity index (χ3n) is 7.94. The number of hydrogen-bond donors (Lipinski definition) is 3. The van der Waals surface area contributed by atoms with Crippen molar-refractivity contribution in [3.63, 3.8) is 0 Å². The normalized spacial score (nSPS) is 28.0. The summed E-state index contributed by atoms with van der Waals surface area (Å²) in [5.41, 5.74) is 9.64. The van der Waals surface area contributed by atoms with Crippen LogP contribution in [0.5, 0.6) is 0 Å². The summed E-state index contributed by atoms with van der Waals surface area (Å²) in [5, 5.41) is 6.88. The third kappa shape index (κ3) is 4.15. The van der Waals surface area contributed by atoms with Gasteiger partial charge in [0.1, 0.15) is 5.82 Å². The van der Waals surface area contributed by atoms with Gasteiger partial charge >= 0.3 is 0 Å². The second-order valence-electron chi connectivity index (χ2n) is 10.5. The molecule has 7 nitrogen and oxygen atoms in total. The highest BCUT2D eigenvalue weighted by Crippen LogP contribution is 2.38. The minimum Gasteiger partial charge on any atom is -0.364 e. The molecule has 2 bridgehead atoms. The molecule has 3 aliphatic rings. The molecule has 4 N–H and O–H groups in total. The van der Waals surface area contributed by atoms with E-state index in [4.69, 9.17) is 5.73 Å². The van der Waals surface area contributed by atoms with Crippen LogP contribution in [0.4, 0.5) is 15.8 Å². The second kappa shape index (κ2) is 8.84. The Morgan fingerprint density at radius 3 is 2.86 bits per heavy atom. The average Bonchev–Trinajstić information content (AvgIpc) is 3.48. The third-order valence-corrected chi connectivity index (χ3v) is 7.94. The minimum absolute atomic E-state index is 0.154. The lowest BCUT2D eigenvalue weighted by atomic mass is 9.76. The SMILES string of the molecule is C[C@@H]1C[C@H](N)C[C@H](c2ccncc2NC(=O)c2ccc(F)c3cc(N4C[C@H]5C[C@@H]4CN5)cnc23)C1. The summed E-state index contributed by atoms with van der Waals surface area (Å²) in [7, 11) is 0. The molecule has 2 aromatic heterocycles. The van der Waals surface area contributed by atoms with Crippen LogP contribution in [0.3, 0.4) is 0 Å². The predicted molar refractivity (Wildman–Crippen MR) is 135 cm³/mol. The number of rotatable bonds is 4. The number of benzene rings is 1. The number of nitrogens with two attached hydrogens (primary N) is 1. The Hall–Kier alpha value is -3.10. The number of fused-ring (bicyclic) bond motifs is 3. The molecule has 3 aromatic rings. The Balaban J connectivity index is 1.30. The zero-order valence-electron chi connectivity index (χ0n) is 19.9. The summed E-state index contributed by atoms with van der Waals surface area (Å²) in [6.07, 6.45) is 9.24. The maximum absolute atomic E-state index is 14.9. The van der Waals surface area contributed by atoms with Crippen LogP contribution in [0.25, 0.3) is 10.9 Å². The first kappa shape index (κ1) is 22.4. The van der Waals surface area contributed by atoms with E-state index < -0.39 is 0 Å². The van der Waals surface area contributed by atoms with E-state index in [-0.39, 0.29) is 23.7 Å². The van der Waals surface area contributed by atoms with Crippen molar-refractivity contribution in [2.24, 2.45) is 11.7 Å². The van der Waals surface area contributed by atoms with Crippen LogP contribution in [-0.4, -0.2) is 47.1 Å². The molecule has 4 heterocycles. The summed E-state index contributed by atoms with van der Waals surface area (Å²) < 4.78 is 14.9. The van der Waals surface area contributed by atoms with Crippen LogP contribution in [0.1, 0.15) is 54.4 Å². The van der Waals surface area contributed by atoms with Crippen molar-refractivity contribution < 1.29 is 9.18 Å². The highest BCUT2D eigenvalue weighted by atomic mass is 19.1. The van der Waals surface area contributed by atoms with Gasteiger partial charge in [0, 0.05) is 42.8 Å². The van der Waals surface area contributed by atoms with Crippen molar-refractivity contribution in [3.8, 4) is 0 Å². The summed E-state index contributed by atoms with van der Waals surface area (Å²) in [6.45, 7) is 4.05. The molecule has 1 amide bonds. The molecular formula is C27H31FN6O. The van der Waals surface area contributed by atoms with Gasteiger partial charge in [0.25, 0.3) is 5.91 Å². The number of nitrogens with one attached hydrogen (secondary N) is 2. The molecule has 182 valence electrons. The first-order valence-electron chi connectivity index (χ1n) is 12.6. The number of aromatic nitrogens is 2. The number of pyridine rings is 2. The zero-order valence-corrected chi connectivity index (χ0v) is 19.9. The van der Waals surface area contributed by atoms with Crippen molar-refractivity contribution in [2.75, 3.05) is 23.3 Å². The van der Waals surface area contributed by atoms with Crippen molar-refractivity contribution in [3.05, 3.63) is 59.8 Å². The summed E-state index contributed by atoms with van der Waals surface area (Å²) in [6, 6.07) is 7.71. The number of nitrogens with zero attached hydrogens (tertiary/aromatic N) is 3. The standard InChI is InChI=1S/C27H31FN6O/c1-15-6-16(8-17(29)7-15)21-4-5-30-13-25(21)33-27(35)22-2-3-24(28)23-10-20(12-32-26(22)23)34-14-18-9-19(34)11-31-18/h2-5,10,12-13,15-19,31H,6-9,11,14,29H2,1H3,(H,33,35)/t15-,16+,17-,18+,19+/m0/s1. The number of amides is 1. The quantitative estimate of drug-likeness (QED) is 0.532. The molecule has 1 aromatic carbocycles. The number of piperazine rings is 1. The van der Waals surface area contributed by atoms with Crippen molar-refractivity contribution in [2.45, 2.75) is 56.7 Å².